The lowest BCUT2D eigenvalue weighted by molar-refractivity contribution is -0.132. The Morgan fingerprint density at radius 2 is 1.79 bits per heavy atom. The third-order valence-electron chi connectivity index (χ3n) is 5.46. The van der Waals surface area contributed by atoms with Crippen LogP contribution in [0, 0.1) is 17.1 Å². The Balaban J connectivity index is 1.31. The Hall–Kier alpha value is -3.55. The number of rotatable bonds is 6. The van der Waals surface area contributed by atoms with Gasteiger partial charge in [-0.3, -0.25) is 4.79 Å². The molecule has 0 N–H and O–H groups in total. The SMILES string of the molecule is N#Cc1ccc(S(=O)(=O)N2CCN(C(=O)CCc3ncc(-c4ccccc4F)o3)CC2)cc1. The summed E-state index contributed by atoms with van der Waals surface area (Å²) in [7, 11) is -3.69. The smallest absolute Gasteiger partial charge is 0.243 e. The maximum atomic E-state index is 13.9. The van der Waals surface area contributed by atoms with E-state index in [0.717, 1.165) is 0 Å². The molecule has 1 fully saturated rings. The molecule has 10 heteroatoms. The molecule has 0 aliphatic carbocycles. The molecule has 33 heavy (non-hydrogen) atoms. The zero-order valence-corrected chi connectivity index (χ0v) is 18.5. The predicted molar refractivity (Wildman–Crippen MR) is 117 cm³/mol. The highest BCUT2D eigenvalue weighted by molar-refractivity contribution is 7.89. The van der Waals surface area contributed by atoms with Gasteiger partial charge in [-0.05, 0) is 36.4 Å². The largest absolute Gasteiger partial charge is 0.441 e. The Labute approximate surface area is 190 Å². The van der Waals surface area contributed by atoms with Crippen LogP contribution in [-0.4, -0.2) is 54.7 Å². The van der Waals surface area contributed by atoms with Crippen molar-refractivity contribution < 1.29 is 22.0 Å². The van der Waals surface area contributed by atoms with Gasteiger partial charge in [-0.15, -0.1) is 0 Å². The number of hydrogen-bond donors (Lipinski definition) is 0. The molecular formula is C23H21FN4O4S. The molecular weight excluding hydrogens is 447 g/mol. The average Bonchev–Trinajstić information content (AvgIpc) is 3.31. The van der Waals surface area contributed by atoms with E-state index in [9.17, 15) is 17.6 Å². The molecule has 2 heterocycles. The third kappa shape index (κ3) is 4.94. The molecule has 0 spiro atoms. The summed E-state index contributed by atoms with van der Waals surface area (Å²) in [6.07, 6.45) is 1.85. The van der Waals surface area contributed by atoms with Crippen molar-refractivity contribution >= 4 is 15.9 Å². The number of aryl methyl sites for hydroxylation is 1. The number of amides is 1. The van der Waals surface area contributed by atoms with Gasteiger partial charge in [0.05, 0.1) is 28.3 Å². The van der Waals surface area contributed by atoms with Crippen LogP contribution in [0.1, 0.15) is 17.9 Å². The molecule has 2 aromatic carbocycles. The second-order valence-corrected chi connectivity index (χ2v) is 9.46. The summed E-state index contributed by atoms with van der Waals surface area (Å²) in [6, 6.07) is 13.9. The van der Waals surface area contributed by atoms with Crippen molar-refractivity contribution in [3.63, 3.8) is 0 Å². The fraction of sp³-hybridized carbons (Fsp3) is 0.261. The summed E-state index contributed by atoms with van der Waals surface area (Å²) in [5, 5.41) is 8.87. The van der Waals surface area contributed by atoms with Crippen LogP contribution in [0.25, 0.3) is 11.3 Å². The first-order valence-corrected chi connectivity index (χ1v) is 11.8. The molecule has 0 radical (unpaired) electrons. The zero-order chi connectivity index (χ0) is 23.4. The number of halogens is 1. The molecule has 170 valence electrons. The van der Waals surface area contributed by atoms with Crippen LogP contribution in [0.15, 0.2) is 64.0 Å². The fourth-order valence-electron chi connectivity index (χ4n) is 3.61. The van der Waals surface area contributed by atoms with Crippen molar-refractivity contribution in [3.05, 3.63) is 72.0 Å². The molecule has 1 aromatic heterocycles. The van der Waals surface area contributed by atoms with Gasteiger partial charge in [-0.1, -0.05) is 12.1 Å². The standard InChI is InChI=1S/C23H21FN4O4S/c24-20-4-2-1-3-19(20)21-16-26-22(32-21)9-10-23(29)27-11-13-28(14-12-27)33(30,31)18-7-5-17(15-25)6-8-18/h1-8,16H,9-14H2. The van der Waals surface area contributed by atoms with Crippen molar-refractivity contribution in [1.29, 1.82) is 5.26 Å². The topological polar surface area (TPSA) is 108 Å². The number of sulfonamides is 1. The number of piperazine rings is 1. The van der Waals surface area contributed by atoms with Gasteiger partial charge in [-0.25, -0.2) is 17.8 Å². The third-order valence-corrected chi connectivity index (χ3v) is 7.37. The predicted octanol–water partition coefficient (Wildman–Crippen LogP) is 2.82. The molecule has 8 nitrogen and oxygen atoms in total. The van der Waals surface area contributed by atoms with Crippen molar-refractivity contribution in [3.8, 4) is 17.4 Å². The highest BCUT2D eigenvalue weighted by atomic mass is 32.2. The van der Waals surface area contributed by atoms with E-state index in [1.807, 2.05) is 6.07 Å². The first-order valence-electron chi connectivity index (χ1n) is 10.4. The van der Waals surface area contributed by atoms with Gasteiger partial charge >= 0.3 is 0 Å². The average molecular weight is 469 g/mol. The van der Waals surface area contributed by atoms with Crippen LogP contribution in [0.5, 0.6) is 0 Å². The number of carbonyl (C=O) groups excluding carboxylic acids is 1. The number of benzene rings is 2. The summed E-state index contributed by atoms with van der Waals surface area (Å²) in [6.45, 7) is 0.926. The first kappa shape index (κ1) is 22.6. The second-order valence-electron chi connectivity index (χ2n) is 7.52. The quantitative estimate of drug-likeness (QED) is 0.551. The molecule has 1 amide bonds. The number of aromatic nitrogens is 1. The molecule has 0 saturated carbocycles. The first-order chi connectivity index (χ1) is 15.9. The number of nitriles is 1. The van der Waals surface area contributed by atoms with E-state index < -0.39 is 15.8 Å². The monoisotopic (exact) mass is 468 g/mol. The number of hydrogen-bond acceptors (Lipinski definition) is 6. The molecule has 0 bridgehead atoms. The lowest BCUT2D eigenvalue weighted by Crippen LogP contribution is -2.50. The highest BCUT2D eigenvalue weighted by Crippen LogP contribution is 2.24. The lowest BCUT2D eigenvalue weighted by Gasteiger charge is -2.34. The van der Waals surface area contributed by atoms with Crippen LogP contribution < -0.4 is 0 Å². The van der Waals surface area contributed by atoms with Gasteiger partial charge in [0.2, 0.25) is 15.9 Å². The number of oxazole rings is 1. The maximum Gasteiger partial charge on any atom is 0.243 e. The van der Waals surface area contributed by atoms with E-state index in [0.29, 0.717) is 22.8 Å². The van der Waals surface area contributed by atoms with Gasteiger partial charge in [-0.2, -0.15) is 9.57 Å². The molecule has 1 aliphatic rings. The van der Waals surface area contributed by atoms with Gasteiger partial charge in [0.25, 0.3) is 0 Å². The summed E-state index contributed by atoms with van der Waals surface area (Å²) in [5.74, 6) is 0.0991. The van der Waals surface area contributed by atoms with Crippen LogP contribution in [0.4, 0.5) is 4.39 Å². The van der Waals surface area contributed by atoms with Gasteiger partial charge < -0.3 is 9.32 Å². The van der Waals surface area contributed by atoms with Crippen molar-refractivity contribution in [1.82, 2.24) is 14.2 Å². The Bertz CT molecular complexity index is 1290. The molecule has 4 rings (SSSR count). The van der Waals surface area contributed by atoms with Crippen LogP contribution in [0.3, 0.4) is 0 Å². The molecule has 1 aliphatic heterocycles. The van der Waals surface area contributed by atoms with Crippen LogP contribution in [0.2, 0.25) is 0 Å². The highest BCUT2D eigenvalue weighted by Gasteiger charge is 2.30. The van der Waals surface area contributed by atoms with Gasteiger partial charge in [0, 0.05) is 39.0 Å². The van der Waals surface area contributed by atoms with E-state index in [1.54, 1.807) is 23.1 Å². The maximum absolute atomic E-state index is 13.9. The minimum absolute atomic E-state index is 0.121. The summed E-state index contributed by atoms with van der Waals surface area (Å²) in [4.78, 5) is 18.5. The van der Waals surface area contributed by atoms with E-state index >= 15 is 0 Å². The second kappa shape index (κ2) is 9.52. The number of nitrogens with zero attached hydrogens (tertiary/aromatic N) is 4. The van der Waals surface area contributed by atoms with Crippen molar-refractivity contribution in [2.75, 3.05) is 26.2 Å². The summed E-state index contributed by atoms with van der Waals surface area (Å²) < 4.78 is 46.4. The van der Waals surface area contributed by atoms with E-state index in [2.05, 4.69) is 4.98 Å². The summed E-state index contributed by atoms with van der Waals surface area (Å²) in [5.41, 5.74) is 0.693. The van der Waals surface area contributed by atoms with Crippen molar-refractivity contribution in [2.45, 2.75) is 17.7 Å². The van der Waals surface area contributed by atoms with Gasteiger partial charge in [0.15, 0.2) is 11.7 Å². The minimum atomic E-state index is -3.69. The van der Waals surface area contributed by atoms with Gasteiger partial charge in [0.1, 0.15) is 5.82 Å². The molecule has 0 unspecified atom stereocenters. The summed E-state index contributed by atoms with van der Waals surface area (Å²) >= 11 is 0. The normalized spacial score (nSPS) is 14.7. The van der Waals surface area contributed by atoms with E-state index in [1.165, 1.54) is 40.8 Å². The van der Waals surface area contributed by atoms with E-state index in [4.69, 9.17) is 9.68 Å². The molecule has 0 atom stereocenters. The molecule has 1 saturated heterocycles. The lowest BCUT2D eigenvalue weighted by atomic mass is 10.2. The Kier molecular flexibility index (Phi) is 6.53. The van der Waals surface area contributed by atoms with Crippen LogP contribution in [-0.2, 0) is 21.2 Å². The minimum Gasteiger partial charge on any atom is -0.441 e. The Morgan fingerprint density at radius 1 is 1.09 bits per heavy atom. The molecule has 3 aromatic rings. The van der Waals surface area contributed by atoms with Crippen LogP contribution >= 0.6 is 0 Å². The zero-order valence-electron chi connectivity index (χ0n) is 17.6. The number of carbonyl (C=O) groups is 1. The Morgan fingerprint density at radius 3 is 2.45 bits per heavy atom. The van der Waals surface area contributed by atoms with E-state index in [-0.39, 0.29) is 49.8 Å². The fourth-order valence-corrected chi connectivity index (χ4v) is 5.03. The van der Waals surface area contributed by atoms with Crippen molar-refractivity contribution in [2.24, 2.45) is 0 Å².